The van der Waals surface area contributed by atoms with Crippen molar-refractivity contribution in [3.63, 3.8) is 0 Å². The Hall–Kier alpha value is -2.77. The van der Waals surface area contributed by atoms with Crippen molar-refractivity contribution in [1.82, 2.24) is 5.32 Å². The molecular formula is C20H26N2O6. The van der Waals surface area contributed by atoms with E-state index in [1.54, 1.807) is 18.2 Å². The number of carbonyl (C=O) groups excluding carboxylic acids is 3. The van der Waals surface area contributed by atoms with Crippen LogP contribution in [-0.4, -0.2) is 43.6 Å². The summed E-state index contributed by atoms with van der Waals surface area (Å²) in [5.74, 6) is -0.0864. The second kappa shape index (κ2) is 9.43. The molecule has 1 aromatic rings. The molecule has 0 saturated heterocycles. The minimum atomic E-state index is -0.993. The Balaban J connectivity index is 1.43. The maximum absolute atomic E-state index is 12.3. The molecule has 28 heavy (non-hydrogen) atoms. The lowest BCUT2D eigenvalue weighted by Crippen LogP contribution is -2.38. The summed E-state index contributed by atoms with van der Waals surface area (Å²) in [4.78, 5) is 36.2. The predicted molar refractivity (Wildman–Crippen MR) is 101 cm³/mol. The molecule has 1 aliphatic heterocycles. The van der Waals surface area contributed by atoms with Crippen molar-refractivity contribution in [3.8, 4) is 11.5 Å². The highest BCUT2D eigenvalue weighted by molar-refractivity contribution is 5.95. The molecule has 1 unspecified atom stereocenters. The molecule has 1 aliphatic carbocycles. The maximum atomic E-state index is 12.3. The van der Waals surface area contributed by atoms with Crippen molar-refractivity contribution in [2.45, 2.75) is 45.1 Å². The third-order valence-electron chi connectivity index (χ3n) is 4.87. The van der Waals surface area contributed by atoms with Crippen LogP contribution in [-0.2, 0) is 19.1 Å². The molecule has 2 amide bonds. The van der Waals surface area contributed by atoms with E-state index in [-0.39, 0.29) is 18.4 Å². The van der Waals surface area contributed by atoms with Crippen LogP contribution < -0.4 is 20.1 Å². The van der Waals surface area contributed by atoms with Crippen molar-refractivity contribution < 1.29 is 28.6 Å². The summed E-state index contributed by atoms with van der Waals surface area (Å²) in [5, 5.41) is 5.28. The van der Waals surface area contributed by atoms with Gasteiger partial charge in [0.05, 0.1) is 0 Å². The summed E-state index contributed by atoms with van der Waals surface area (Å²) in [5.41, 5.74) is 0.516. The molecule has 0 bridgehead atoms. The number of anilines is 1. The third-order valence-corrected chi connectivity index (χ3v) is 4.87. The molecule has 2 aliphatic rings. The molecule has 0 radical (unpaired) electrons. The lowest BCUT2D eigenvalue weighted by Gasteiger charge is -2.21. The smallest absolute Gasteiger partial charge is 0.326 e. The van der Waals surface area contributed by atoms with Crippen LogP contribution in [0.4, 0.5) is 5.69 Å². The zero-order valence-corrected chi connectivity index (χ0v) is 16.0. The number of esters is 1. The Morgan fingerprint density at radius 1 is 1.11 bits per heavy atom. The number of ether oxygens (including phenoxy) is 3. The van der Waals surface area contributed by atoms with Crippen LogP contribution in [0.25, 0.3) is 0 Å². The lowest BCUT2D eigenvalue weighted by molar-refractivity contribution is -0.153. The van der Waals surface area contributed by atoms with Crippen molar-refractivity contribution in [2.75, 3.05) is 25.1 Å². The van der Waals surface area contributed by atoms with Gasteiger partial charge in [-0.3, -0.25) is 14.4 Å². The third kappa shape index (κ3) is 5.37. The number of hydrogen-bond acceptors (Lipinski definition) is 6. The van der Waals surface area contributed by atoms with Gasteiger partial charge in [0, 0.05) is 17.7 Å². The largest absolute Gasteiger partial charge is 0.486 e. The number of fused-ring (bicyclic) bond motifs is 1. The van der Waals surface area contributed by atoms with E-state index in [0.717, 1.165) is 32.1 Å². The second-order valence-electron chi connectivity index (χ2n) is 7.03. The SMILES string of the molecule is CC(OC(=O)CNC(=O)C1CCCCC1)C(=O)Nc1ccc2c(c1)OCCO2. The highest BCUT2D eigenvalue weighted by Gasteiger charge is 2.23. The number of rotatable bonds is 6. The van der Waals surface area contributed by atoms with E-state index in [9.17, 15) is 14.4 Å². The van der Waals surface area contributed by atoms with Gasteiger partial charge >= 0.3 is 5.97 Å². The van der Waals surface area contributed by atoms with E-state index >= 15 is 0 Å². The lowest BCUT2D eigenvalue weighted by atomic mass is 9.89. The van der Waals surface area contributed by atoms with Gasteiger partial charge in [-0.05, 0) is 31.9 Å². The average molecular weight is 390 g/mol. The summed E-state index contributed by atoms with van der Waals surface area (Å²) in [6.45, 7) is 2.18. The van der Waals surface area contributed by atoms with Gasteiger partial charge < -0.3 is 24.8 Å². The minimum absolute atomic E-state index is 0.0301. The van der Waals surface area contributed by atoms with Gasteiger partial charge in [0.15, 0.2) is 17.6 Å². The highest BCUT2D eigenvalue weighted by atomic mass is 16.6. The van der Waals surface area contributed by atoms with Gasteiger partial charge in [-0.2, -0.15) is 0 Å². The van der Waals surface area contributed by atoms with E-state index in [2.05, 4.69) is 10.6 Å². The van der Waals surface area contributed by atoms with Gasteiger partial charge in [0.1, 0.15) is 19.8 Å². The summed E-state index contributed by atoms with van der Waals surface area (Å²) in [6, 6.07) is 5.05. The van der Waals surface area contributed by atoms with E-state index in [1.165, 1.54) is 6.92 Å². The van der Waals surface area contributed by atoms with Crippen LogP contribution in [0.2, 0.25) is 0 Å². The molecule has 1 saturated carbocycles. The first-order chi connectivity index (χ1) is 13.5. The van der Waals surface area contributed by atoms with E-state index in [1.807, 2.05) is 0 Å². The fourth-order valence-electron chi connectivity index (χ4n) is 3.33. The monoisotopic (exact) mass is 390 g/mol. The molecule has 1 heterocycles. The first-order valence-corrected chi connectivity index (χ1v) is 9.70. The Kier molecular flexibility index (Phi) is 6.73. The van der Waals surface area contributed by atoms with E-state index in [0.29, 0.717) is 30.4 Å². The normalized spacial score (nSPS) is 17.3. The summed E-state index contributed by atoms with van der Waals surface area (Å²) >= 11 is 0. The molecule has 8 nitrogen and oxygen atoms in total. The number of amides is 2. The molecule has 0 aromatic heterocycles. The molecule has 152 valence electrons. The maximum Gasteiger partial charge on any atom is 0.326 e. The first-order valence-electron chi connectivity index (χ1n) is 9.70. The zero-order valence-electron chi connectivity index (χ0n) is 16.0. The summed E-state index contributed by atoms with van der Waals surface area (Å²) in [6.07, 6.45) is 3.96. The van der Waals surface area contributed by atoms with E-state index in [4.69, 9.17) is 14.2 Å². The number of carbonyl (C=O) groups is 3. The Labute approximate surface area is 163 Å². The standard InChI is InChI=1S/C20H26N2O6/c1-13(28-18(23)12-21-20(25)14-5-3-2-4-6-14)19(24)22-15-7-8-16-17(11-15)27-10-9-26-16/h7-8,11,13-14H,2-6,9-10,12H2,1H3,(H,21,25)(H,22,24). The molecule has 3 rings (SSSR count). The van der Waals surface area contributed by atoms with Crippen molar-refractivity contribution in [3.05, 3.63) is 18.2 Å². The van der Waals surface area contributed by atoms with Gasteiger partial charge in [-0.15, -0.1) is 0 Å². The molecule has 1 fully saturated rings. The molecule has 2 N–H and O–H groups in total. The predicted octanol–water partition coefficient (Wildman–Crippen LogP) is 2.02. The molecule has 0 spiro atoms. The second-order valence-corrected chi connectivity index (χ2v) is 7.03. The Morgan fingerprint density at radius 2 is 1.82 bits per heavy atom. The molecule has 1 aromatic carbocycles. The van der Waals surface area contributed by atoms with Gasteiger partial charge in [-0.1, -0.05) is 19.3 Å². The highest BCUT2D eigenvalue weighted by Crippen LogP contribution is 2.32. The Bertz CT molecular complexity index is 729. The molecule has 8 heteroatoms. The first kappa shape index (κ1) is 20.0. The minimum Gasteiger partial charge on any atom is -0.486 e. The summed E-state index contributed by atoms with van der Waals surface area (Å²) in [7, 11) is 0. The van der Waals surface area contributed by atoms with Crippen LogP contribution >= 0.6 is 0 Å². The van der Waals surface area contributed by atoms with Crippen molar-refractivity contribution >= 4 is 23.5 Å². The van der Waals surface area contributed by atoms with Crippen LogP contribution in [0.1, 0.15) is 39.0 Å². The number of hydrogen-bond donors (Lipinski definition) is 2. The average Bonchev–Trinajstić information content (AvgIpc) is 2.72. The van der Waals surface area contributed by atoms with Crippen LogP contribution in [0, 0.1) is 5.92 Å². The van der Waals surface area contributed by atoms with Crippen LogP contribution in [0.15, 0.2) is 18.2 Å². The fourth-order valence-corrected chi connectivity index (χ4v) is 3.33. The van der Waals surface area contributed by atoms with E-state index < -0.39 is 18.0 Å². The summed E-state index contributed by atoms with van der Waals surface area (Å²) < 4.78 is 16.0. The quantitative estimate of drug-likeness (QED) is 0.721. The zero-order chi connectivity index (χ0) is 19.9. The fraction of sp³-hybridized carbons (Fsp3) is 0.550. The van der Waals surface area contributed by atoms with Crippen molar-refractivity contribution in [2.24, 2.45) is 5.92 Å². The van der Waals surface area contributed by atoms with Crippen LogP contribution in [0.3, 0.4) is 0 Å². The number of nitrogens with one attached hydrogen (secondary N) is 2. The van der Waals surface area contributed by atoms with Gasteiger partial charge in [0.25, 0.3) is 5.91 Å². The number of benzene rings is 1. The molecular weight excluding hydrogens is 364 g/mol. The molecule has 1 atom stereocenters. The van der Waals surface area contributed by atoms with Crippen LogP contribution in [0.5, 0.6) is 11.5 Å². The van der Waals surface area contributed by atoms with Crippen molar-refractivity contribution in [1.29, 1.82) is 0 Å². The topological polar surface area (TPSA) is 103 Å². The van der Waals surface area contributed by atoms with Gasteiger partial charge in [-0.25, -0.2) is 0 Å². The van der Waals surface area contributed by atoms with Gasteiger partial charge in [0.2, 0.25) is 5.91 Å². The Morgan fingerprint density at radius 3 is 2.57 bits per heavy atom.